The average Bonchev–Trinajstić information content (AvgIpc) is 3.11. The lowest BCUT2D eigenvalue weighted by Crippen LogP contribution is -2.50. The molecule has 0 saturated heterocycles. The fourth-order valence-electron chi connectivity index (χ4n) is 3.41. The molecule has 2 aromatic carbocycles. The van der Waals surface area contributed by atoms with Crippen molar-refractivity contribution >= 4 is 41.1 Å². The standard InChI is InChI=1S/C21H21Cl2N3O4/c1-11-6-8-14(22)17(18(11)23)19(27)25-16(20(28)29)10-24-21(30)26-15-9-7-12-4-2-3-5-13(12)15/h2-6,8,15-16H,7,9-10H2,1H3,(H,25,27)(H,28,29)(H2,24,26,30)/t15-,16+/m1/s1. The highest BCUT2D eigenvalue weighted by Crippen LogP contribution is 2.30. The van der Waals surface area contributed by atoms with E-state index in [1.807, 2.05) is 24.3 Å². The number of urea groups is 1. The number of benzene rings is 2. The van der Waals surface area contributed by atoms with Gasteiger partial charge in [-0.3, -0.25) is 4.79 Å². The summed E-state index contributed by atoms with van der Waals surface area (Å²) in [6.45, 7) is 1.40. The third-order valence-electron chi connectivity index (χ3n) is 5.02. The monoisotopic (exact) mass is 449 g/mol. The average molecular weight is 450 g/mol. The number of carboxylic acid groups (broad SMARTS) is 1. The highest BCUT2D eigenvalue weighted by atomic mass is 35.5. The molecule has 9 heteroatoms. The van der Waals surface area contributed by atoms with E-state index in [1.165, 1.54) is 11.6 Å². The highest BCUT2D eigenvalue weighted by Gasteiger charge is 2.26. The van der Waals surface area contributed by atoms with Crippen LogP contribution < -0.4 is 16.0 Å². The summed E-state index contributed by atoms with van der Waals surface area (Å²) in [6.07, 6.45) is 1.64. The van der Waals surface area contributed by atoms with Gasteiger partial charge in [-0.25, -0.2) is 9.59 Å². The van der Waals surface area contributed by atoms with Crippen molar-refractivity contribution in [1.29, 1.82) is 0 Å². The van der Waals surface area contributed by atoms with Crippen molar-refractivity contribution in [3.05, 3.63) is 68.7 Å². The molecule has 0 aromatic heterocycles. The SMILES string of the molecule is Cc1ccc(Cl)c(C(=O)N[C@@H](CNC(=O)N[C@@H]2CCc3ccccc32)C(=O)O)c1Cl. The molecule has 0 fully saturated rings. The predicted octanol–water partition coefficient (Wildman–Crippen LogP) is 3.47. The number of nitrogens with one attached hydrogen (secondary N) is 3. The van der Waals surface area contributed by atoms with E-state index in [-0.39, 0.29) is 28.2 Å². The van der Waals surface area contributed by atoms with Crippen LogP contribution in [0.3, 0.4) is 0 Å². The smallest absolute Gasteiger partial charge is 0.328 e. The molecule has 3 rings (SSSR count). The van der Waals surface area contributed by atoms with E-state index in [9.17, 15) is 19.5 Å². The second kappa shape index (κ2) is 9.36. The predicted molar refractivity (Wildman–Crippen MR) is 114 cm³/mol. The molecule has 1 aliphatic carbocycles. The molecule has 0 saturated carbocycles. The number of hydrogen-bond acceptors (Lipinski definition) is 3. The summed E-state index contributed by atoms with van der Waals surface area (Å²) < 4.78 is 0. The van der Waals surface area contributed by atoms with Gasteiger partial charge in [0.1, 0.15) is 6.04 Å². The van der Waals surface area contributed by atoms with Gasteiger partial charge in [0.15, 0.2) is 0 Å². The van der Waals surface area contributed by atoms with Crippen molar-refractivity contribution < 1.29 is 19.5 Å². The molecule has 0 unspecified atom stereocenters. The maximum Gasteiger partial charge on any atom is 0.328 e. The fraction of sp³-hybridized carbons (Fsp3) is 0.286. The van der Waals surface area contributed by atoms with Gasteiger partial charge in [0.2, 0.25) is 0 Å². The zero-order valence-electron chi connectivity index (χ0n) is 16.2. The van der Waals surface area contributed by atoms with Gasteiger partial charge in [0.05, 0.1) is 28.2 Å². The summed E-state index contributed by atoms with van der Waals surface area (Å²) in [5, 5.41) is 17.4. The molecule has 0 radical (unpaired) electrons. The molecule has 0 heterocycles. The third kappa shape index (κ3) is 4.86. The van der Waals surface area contributed by atoms with Crippen molar-refractivity contribution in [2.75, 3.05) is 6.54 Å². The Kier molecular flexibility index (Phi) is 6.84. The van der Waals surface area contributed by atoms with Gasteiger partial charge in [0.25, 0.3) is 5.91 Å². The first kappa shape index (κ1) is 21.9. The molecule has 30 heavy (non-hydrogen) atoms. The number of carbonyl (C=O) groups is 3. The first-order valence-electron chi connectivity index (χ1n) is 9.38. The van der Waals surface area contributed by atoms with Crippen molar-refractivity contribution in [3.63, 3.8) is 0 Å². The number of amides is 3. The van der Waals surface area contributed by atoms with Gasteiger partial charge in [-0.15, -0.1) is 0 Å². The van der Waals surface area contributed by atoms with E-state index in [0.717, 1.165) is 18.4 Å². The number of fused-ring (bicyclic) bond motifs is 1. The Bertz CT molecular complexity index is 996. The molecule has 4 N–H and O–H groups in total. The van der Waals surface area contributed by atoms with Crippen molar-refractivity contribution in [3.8, 4) is 0 Å². The van der Waals surface area contributed by atoms with Crippen LogP contribution in [-0.2, 0) is 11.2 Å². The van der Waals surface area contributed by atoms with E-state index in [4.69, 9.17) is 23.2 Å². The summed E-state index contributed by atoms with van der Waals surface area (Å²) in [4.78, 5) is 36.4. The number of aryl methyl sites for hydroxylation is 2. The summed E-state index contributed by atoms with van der Waals surface area (Å²) in [5.74, 6) is -2.03. The van der Waals surface area contributed by atoms with E-state index in [1.54, 1.807) is 13.0 Å². The molecule has 2 atom stereocenters. The van der Waals surface area contributed by atoms with Crippen LogP contribution in [-0.4, -0.2) is 35.6 Å². The van der Waals surface area contributed by atoms with Gasteiger partial charge < -0.3 is 21.1 Å². The van der Waals surface area contributed by atoms with Gasteiger partial charge in [-0.1, -0.05) is 53.5 Å². The molecule has 0 bridgehead atoms. The maximum atomic E-state index is 12.5. The number of rotatable bonds is 6. The lowest BCUT2D eigenvalue weighted by Gasteiger charge is -2.19. The first-order chi connectivity index (χ1) is 14.3. The highest BCUT2D eigenvalue weighted by molar-refractivity contribution is 6.40. The lowest BCUT2D eigenvalue weighted by molar-refractivity contribution is -0.139. The van der Waals surface area contributed by atoms with Gasteiger partial charge in [-0.2, -0.15) is 0 Å². The van der Waals surface area contributed by atoms with E-state index >= 15 is 0 Å². The number of carbonyl (C=O) groups excluding carboxylic acids is 2. The van der Waals surface area contributed by atoms with Crippen LogP contribution in [0.25, 0.3) is 0 Å². The Morgan fingerprint density at radius 1 is 1.17 bits per heavy atom. The quantitative estimate of drug-likeness (QED) is 0.541. The number of aliphatic carboxylic acids is 1. The molecule has 1 aliphatic rings. The lowest BCUT2D eigenvalue weighted by atomic mass is 10.1. The van der Waals surface area contributed by atoms with Crippen molar-refractivity contribution in [2.45, 2.75) is 31.8 Å². The van der Waals surface area contributed by atoms with Gasteiger partial charge >= 0.3 is 12.0 Å². The Balaban J connectivity index is 1.60. The van der Waals surface area contributed by atoms with Crippen LogP contribution in [0.5, 0.6) is 0 Å². The minimum absolute atomic E-state index is 0.00315. The number of halogens is 2. The number of carboxylic acids is 1. The Labute approximate surface area is 183 Å². The second-order valence-corrected chi connectivity index (χ2v) is 7.85. The zero-order valence-corrected chi connectivity index (χ0v) is 17.7. The van der Waals surface area contributed by atoms with Crippen molar-refractivity contribution in [1.82, 2.24) is 16.0 Å². The maximum absolute atomic E-state index is 12.5. The van der Waals surface area contributed by atoms with Crippen LogP contribution in [0.15, 0.2) is 36.4 Å². The topological polar surface area (TPSA) is 108 Å². The first-order valence-corrected chi connectivity index (χ1v) is 10.1. The van der Waals surface area contributed by atoms with E-state index in [0.29, 0.717) is 5.56 Å². The minimum atomic E-state index is -1.35. The Morgan fingerprint density at radius 2 is 1.90 bits per heavy atom. The molecule has 0 spiro atoms. The van der Waals surface area contributed by atoms with Crippen molar-refractivity contribution in [2.24, 2.45) is 0 Å². The van der Waals surface area contributed by atoms with Crippen LogP contribution >= 0.6 is 23.2 Å². The van der Waals surface area contributed by atoms with Crippen LogP contribution in [0.2, 0.25) is 10.0 Å². The van der Waals surface area contributed by atoms with Crippen LogP contribution in [0.4, 0.5) is 4.79 Å². The molecule has 7 nitrogen and oxygen atoms in total. The minimum Gasteiger partial charge on any atom is -0.480 e. The fourth-order valence-corrected chi connectivity index (χ4v) is 3.95. The van der Waals surface area contributed by atoms with Gasteiger partial charge in [-0.05, 0) is 42.5 Å². The largest absolute Gasteiger partial charge is 0.480 e. The summed E-state index contributed by atoms with van der Waals surface area (Å²) in [5.41, 5.74) is 2.87. The molecular formula is C21H21Cl2N3O4. The molecule has 0 aliphatic heterocycles. The summed E-state index contributed by atoms with van der Waals surface area (Å²) >= 11 is 12.2. The Morgan fingerprint density at radius 3 is 2.63 bits per heavy atom. The third-order valence-corrected chi connectivity index (χ3v) is 5.82. The van der Waals surface area contributed by atoms with E-state index in [2.05, 4.69) is 16.0 Å². The Hall–Kier alpha value is -2.77. The van der Waals surface area contributed by atoms with Crippen LogP contribution in [0, 0.1) is 6.92 Å². The normalized spacial score (nSPS) is 15.8. The molecule has 3 amide bonds. The van der Waals surface area contributed by atoms with E-state index < -0.39 is 23.9 Å². The molecule has 2 aromatic rings. The molecule has 158 valence electrons. The zero-order chi connectivity index (χ0) is 21.8. The molecular weight excluding hydrogens is 429 g/mol. The number of hydrogen-bond donors (Lipinski definition) is 4. The van der Waals surface area contributed by atoms with Crippen LogP contribution in [0.1, 0.15) is 39.5 Å². The summed E-state index contributed by atoms with van der Waals surface area (Å²) in [7, 11) is 0. The summed E-state index contributed by atoms with van der Waals surface area (Å²) in [6, 6.07) is 9.01. The van der Waals surface area contributed by atoms with Gasteiger partial charge in [0, 0.05) is 0 Å². The second-order valence-electron chi connectivity index (χ2n) is 7.06.